The molecule has 0 aliphatic rings. The number of ether oxygens (including phenoxy) is 3. The van der Waals surface area contributed by atoms with E-state index in [4.69, 9.17) is 14.2 Å². The van der Waals surface area contributed by atoms with Crippen LogP contribution in [0.25, 0.3) is 0 Å². The van der Waals surface area contributed by atoms with Gasteiger partial charge in [-0.1, -0.05) is 6.07 Å². The summed E-state index contributed by atoms with van der Waals surface area (Å²) in [6.45, 7) is 3.10. The fraction of sp³-hybridized carbons (Fsp3) is 0.333. The molecule has 0 bridgehead atoms. The minimum atomic E-state index is -0.907. The summed E-state index contributed by atoms with van der Waals surface area (Å²) in [6.07, 6.45) is 1.07. The first kappa shape index (κ1) is 23.6. The molecular weight excluding hydrogens is 413 g/mol. The number of hydrogen-bond donors (Lipinski definition) is 2. The fourth-order valence-corrected chi connectivity index (χ4v) is 3.05. The normalized spacial score (nSPS) is 11.5. The number of aromatic amines is 1. The van der Waals surface area contributed by atoms with Crippen LogP contribution < -0.4 is 10.2 Å². The van der Waals surface area contributed by atoms with Gasteiger partial charge in [-0.05, 0) is 12.5 Å². The SMILES string of the molecule is CC(=O)OCCC(c1ccc(F)cc1OC(C)=O)c1c(COC(C)=O)[nH]cc(O)c1=O. The average Bonchev–Trinajstić information content (AvgIpc) is 2.66. The van der Waals surface area contributed by atoms with Gasteiger partial charge in [0.05, 0.1) is 12.3 Å². The van der Waals surface area contributed by atoms with Gasteiger partial charge >= 0.3 is 17.9 Å². The lowest BCUT2D eigenvalue weighted by Crippen LogP contribution is -2.22. The molecule has 1 aromatic carbocycles. The summed E-state index contributed by atoms with van der Waals surface area (Å²) in [7, 11) is 0. The van der Waals surface area contributed by atoms with Gasteiger partial charge in [0.25, 0.3) is 0 Å². The number of pyridine rings is 1. The van der Waals surface area contributed by atoms with Crippen molar-refractivity contribution >= 4 is 17.9 Å². The number of carbonyl (C=O) groups excluding carboxylic acids is 3. The highest BCUT2D eigenvalue weighted by molar-refractivity contribution is 5.70. The van der Waals surface area contributed by atoms with Crippen molar-refractivity contribution in [2.45, 2.75) is 39.7 Å². The number of esters is 3. The Labute approximate surface area is 176 Å². The second-order valence-electron chi connectivity index (χ2n) is 6.63. The van der Waals surface area contributed by atoms with Gasteiger partial charge in [-0.2, -0.15) is 0 Å². The van der Waals surface area contributed by atoms with Gasteiger partial charge in [-0.15, -0.1) is 0 Å². The van der Waals surface area contributed by atoms with Crippen LogP contribution in [-0.4, -0.2) is 34.6 Å². The van der Waals surface area contributed by atoms with E-state index < -0.39 is 40.8 Å². The summed E-state index contributed by atoms with van der Waals surface area (Å²) in [5.41, 5.74) is -0.368. The van der Waals surface area contributed by atoms with Crippen LogP contribution in [0, 0.1) is 5.82 Å². The molecule has 166 valence electrons. The molecule has 0 aliphatic heterocycles. The standard InChI is InChI=1S/C21H22FNO8/c1-11(24)29-7-6-16(15-5-4-14(22)8-19(15)31-13(3)26)20-17(10-30-12(2)25)23-9-18(27)21(20)28/h4-5,8-9,16,27H,6-7,10H2,1-3H3,(H,23,28). The number of H-pyrrole nitrogens is 1. The first-order valence-electron chi connectivity index (χ1n) is 9.28. The molecule has 2 N–H and O–H groups in total. The smallest absolute Gasteiger partial charge is 0.308 e. The number of carbonyl (C=O) groups is 3. The van der Waals surface area contributed by atoms with Crippen LogP contribution in [0.5, 0.6) is 11.5 Å². The Bertz CT molecular complexity index is 1050. The van der Waals surface area contributed by atoms with Gasteiger partial charge < -0.3 is 24.3 Å². The van der Waals surface area contributed by atoms with Gasteiger partial charge in [-0.25, -0.2) is 4.39 Å². The maximum atomic E-state index is 13.8. The van der Waals surface area contributed by atoms with Crippen LogP contribution in [0.15, 0.2) is 29.2 Å². The maximum absolute atomic E-state index is 13.8. The van der Waals surface area contributed by atoms with Crippen LogP contribution in [0.4, 0.5) is 4.39 Å². The summed E-state index contributed by atoms with van der Waals surface area (Å²) >= 11 is 0. The molecule has 0 saturated heterocycles. The van der Waals surface area contributed by atoms with Crippen molar-refractivity contribution in [3.63, 3.8) is 0 Å². The Morgan fingerprint density at radius 3 is 2.39 bits per heavy atom. The summed E-state index contributed by atoms with van der Waals surface area (Å²) in [5.74, 6) is -4.19. The second-order valence-corrected chi connectivity index (χ2v) is 6.63. The highest BCUT2D eigenvalue weighted by Gasteiger charge is 2.27. The topological polar surface area (TPSA) is 132 Å². The summed E-state index contributed by atoms with van der Waals surface area (Å²) < 4.78 is 28.9. The molecule has 0 aliphatic carbocycles. The fourth-order valence-electron chi connectivity index (χ4n) is 3.05. The monoisotopic (exact) mass is 435 g/mol. The number of hydrogen-bond acceptors (Lipinski definition) is 8. The van der Waals surface area contributed by atoms with E-state index in [1.165, 1.54) is 19.9 Å². The zero-order valence-corrected chi connectivity index (χ0v) is 17.2. The molecule has 9 nitrogen and oxygen atoms in total. The highest BCUT2D eigenvalue weighted by Crippen LogP contribution is 2.36. The third kappa shape index (κ3) is 6.39. The predicted octanol–water partition coefficient (Wildman–Crippen LogP) is 2.29. The van der Waals surface area contributed by atoms with Gasteiger partial charge in [0.15, 0.2) is 5.75 Å². The van der Waals surface area contributed by atoms with Gasteiger partial charge in [0.1, 0.15) is 18.2 Å². The minimum Gasteiger partial charge on any atom is -0.503 e. The molecule has 2 aromatic rings. The van der Waals surface area contributed by atoms with Crippen LogP contribution in [0.2, 0.25) is 0 Å². The summed E-state index contributed by atoms with van der Waals surface area (Å²) in [6, 6.07) is 3.42. The lowest BCUT2D eigenvalue weighted by Gasteiger charge is -2.22. The van der Waals surface area contributed by atoms with Crippen molar-refractivity contribution in [1.82, 2.24) is 4.98 Å². The van der Waals surface area contributed by atoms with Crippen LogP contribution in [-0.2, 0) is 30.5 Å². The van der Waals surface area contributed by atoms with Crippen molar-refractivity contribution in [3.8, 4) is 11.5 Å². The minimum absolute atomic E-state index is 0.00610. The highest BCUT2D eigenvalue weighted by atomic mass is 19.1. The number of benzene rings is 1. The number of rotatable bonds is 8. The number of halogens is 1. The number of aromatic nitrogens is 1. The third-order valence-electron chi connectivity index (χ3n) is 4.27. The summed E-state index contributed by atoms with van der Waals surface area (Å²) in [4.78, 5) is 49.6. The Hall–Kier alpha value is -3.69. The molecule has 1 aromatic heterocycles. The van der Waals surface area contributed by atoms with Crippen molar-refractivity contribution in [1.29, 1.82) is 0 Å². The van der Waals surface area contributed by atoms with Gasteiger partial charge in [0, 0.05) is 50.1 Å². The van der Waals surface area contributed by atoms with Crippen molar-refractivity contribution in [2.75, 3.05) is 6.61 Å². The zero-order valence-electron chi connectivity index (χ0n) is 17.2. The molecule has 1 unspecified atom stereocenters. The molecule has 10 heteroatoms. The van der Waals surface area contributed by atoms with E-state index >= 15 is 0 Å². The Morgan fingerprint density at radius 2 is 1.77 bits per heavy atom. The molecular formula is C21H22FNO8. The molecule has 0 fully saturated rings. The largest absolute Gasteiger partial charge is 0.503 e. The zero-order chi connectivity index (χ0) is 23.1. The quantitative estimate of drug-likeness (QED) is 0.477. The average molecular weight is 435 g/mol. The Morgan fingerprint density at radius 1 is 1.10 bits per heavy atom. The van der Waals surface area contributed by atoms with Crippen LogP contribution in [0.1, 0.15) is 49.9 Å². The second kappa shape index (κ2) is 10.4. The van der Waals surface area contributed by atoms with Crippen molar-refractivity contribution in [3.05, 3.63) is 57.3 Å². The predicted molar refractivity (Wildman–Crippen MR) is 105 cm³/mol. The van der Waals surface area contributed by atoms with E-state index in [1.54, 1.807) is 0 Å². The molecule has 1 heterocycles. The van der Waals surface area contributed by atoms with E-state index in [-0.39, 0.29) is 42.2 Å². The molecule has 0 amide bonds. The van der Waals surface area contributed by atoms with Crippen molar-refractivity contribution in [2.24, 2.45) is 0 Å². The molecule has 0 spiro atoms. The summed E-state index contributed by atoms with van der Waals surface area (Å²) in [5, 5.41) is 9.99. The number of aromatic hydroxyl groups is 1. The van der Waals surface area contributed by atoms with Gasteiger partial charge in [0.2, 0.25) is 5.43 Å². The molecule has 31 heavy (non-hydrogen) atoms. The third-order valence-corrected chi connectivity index (χ3v) is 4.27. The number of nitrogens with one attached hydrogen (secondary N) is 1. The van der Waals surface area contributed by atoms with Crippen LogP contribution >= 0.6 is 0 Å². The van der Waals surface area contributed by atoms with E-state index in [2.05, 4.69) is 4.98 Å². The van der Waals surface area contributed by atoms with Gasteiger partial charge in [-0.3, -0.25) is 19.2 Å². The van der Waals surface area contributed by atoms with Crippen molar-refractivity contribution < 1.29 is 38.1 Å². The van der Waals surface area contributed by atoms with E-state index in [0.717, 1.165) is 25.3 Å². The lowest BCUT2D eigenvalue weighted by atomic mass is 9.86. The molecule has 0 radical (unpaired) electrons. The molecule has 0 saturated carbocycles. The van der Waals surface area contributed by atoms with E-state index in [0.29, 0.717) is 0 Å². The molecule has 2 rings (SSSR count). The molecule has 1 atom stereocenters. The first-order valence-corrected chi connectivity index (χ1v) is 9.28. The van der Waals surface area contributed by atoms with Crippen LogP contribution in [0.3, 0.4) is 0 Å². The Kier molecular flexibility index (Phi) is 7.89. The van der Waals surface area contributed by atoms with E-state index in [9.17, 15) is 28.7 Å². The Balaban J connectivity index is 2.67. The lowest BCUT2D eigenvalue weighted by molar-refractivity contribution is -0.143. The maximum Gasteiger partial charge on any atom is 0.308 e. The van der Waals surface area contributed by atoms with E-state index in [1.807, 2.05) is 0 Å². The first-order chi connectivity index (χ1) is 14.6.